The molecule has 0 fully saturated rings. The van der Waals surface area contributed by atoms with E-state index in [1.165, 1.54) is 12.7 Å². The maximum absolute atomic E-state index is 12.4. The van der Waals surface area contributed by atoms with Crippen LogP contribution in [0.5, 0.6) is 5.75 Å². The van der Waals surface area contributed by atoms with Crippen molar-refractivity contribution in [1.29, 1.82) is 0 Å². The predicted molar refractivity (Wildman–Crippen MR) is 138 cm³/mol. The number of benzene rings is 3. The fraction of sp³-hybridized carbons (Fsp3) is 0.367. The lowest BCUT2D eigenvalue weighted by molar-refractivity contribution is 0.0600. The van der Waals surface area contributed by atoms with Crippen molar-refractivity contribution >= 4 is 5.97 Å². The summed E-state index contributed by atoms with van der Waals surface area (Å²) < 4.78 is 11.3. The van der Waals surface area contributed by atoms with Gasteiger partial charge in [-0.25, -0.2) is 4.79 Å². The standard InChI is InChI=1S/C30H37NO3/c1-22(2)31(23(3)4)19-18-27(25-14-10-7-11-15-25)28-20-26(30(32)33-5)16-17-29(28)34-21-24-12-8-6-9-13-24/h6-17,20,22-23,27H,18-19,21H2,1-5H3. The molecule has 0 radical (unpaired) electrons. The Labute approximate surface area is 204 Å². The third kappa shape index (κ3) is 6.71. The molecule has 4 heteroatoms. The van der Waals surface area contributed by atoms with Gasteiger partial charge in [0.1, 0.15) is 12.4 Å². The van der Waals surface area contributed by atoms with E-state index in [1.54, 1.807) is 6.07 Å². The van der Waals surface area contributed by atoms with E-state index < -0.39 is 0 Å². The van der Waals surface area contributed by atoms with E-state index in [1.807, 2.05) is 36.4 Å². The average molecular weight is 460 g/mol. The number of esters is 1. The fourth-order valence-electron chi connectivity index (χ4n) is 4.51. The van der Waals surface area contributed by atoms with Crippen molar-refractivity contribution in [2.75, 3.05) is 13.7 Å². The summed E-state index contributed by atoms with van der Waals surface area (Å²) in [5.41, 5.74) is 3.86. The number of hydrogen-bond donors (Lipinski definition) is 0. The minimum absolute atomic E-state index is 0.0802. The van der Waals surface area contributed by atoms with Gasteiger partial charge in [0.2, 0.25) is 0 Å². The molecule has 34 heavy (non-hydrogen) atoms. The zero-order valence-electron chi connectivity index (χ0n) is 21.0. The first-order valence-electron chi connectivity index (χ1n) is 12.1. The molecule has 4 nitrogen and oxygen atoms in total. The second-order valence-corrected chi connectivity index (χ2v) is 9.20. The molecule has 0 saturated heterocycles. The van der Waals surface area contributed by atoms with Gasteiger partial charge < -0.3 is 9.47 Å². The second kappa shape index (κ2) is 12.4. The Kier molecular flexibility index (Phi) is 9.29. The van der Waals surface area contributed by atoms with E-state index in [9.17, 15) is 4.79 Å². The number of rotatable bonds is 11. The maximum atomic E-state index is 12.4. The molecule has 0 bridgehead atoms. The average Bonchev–Trinajstić information content (AvgIpc) is 2.85. The van der Waals surface area contributed by atoms with E-state index in [0.29, 0.717) is 24.3 Å². The third-order valence-corrected chi connectivity index (χ3v) is 6.25. The van der Waals surface area contributed by atoms with Crippen LogP contribution in [0.25, 0.3) is 0 Å². The third-order valence-electron chi connectivity index (χ3n) is 6.25. The number of carbonyl (C=O) groups excluding carboxylic acids is 1. The van der Waals surface area contributed by atoms with Crippen molar-refractivity contribution in [3.63, 3.8) is 0 Å². The Bertz CT molecular complexity index is 1020. The summed E-state index contributed by atoms with van der Waals surface area (Å²) in [7, 11) is 1.42. The predicted octanol–water partition coefficient (Wildman–Crippen LogP) is 6.69. The van der Waals surface area contributed by atoms with E-state index in [2.05, 4.69) is 69.0 Å². The topological polar surface area (TPSA) is 38.8 Å². The molecular weight excluding hydrogens is 422 g/mol. The highest BCUT2D eigenvalue weighted by molar-refractivity contribution is 5.89. The normalized spacial score (nSPS) is 12.2. The smallest absolute Gasteiger partial charge is 0.337 e. The number of hydrogen-bond acceptors (Lipinski definition) is 4. The maximum Gasteiger partial charge on any atom is 0.337 e. The minimum atomic E-state index is -0.339. The quantitative estimate of drug-likeness (QED) is 0.299. The summed E-state index contributed by atoms with van der Waals surface area (Å²) in [4.78, 5) is 14.9. The number of methoxy groups -OCH3 is 1. The van der Waals surface area contributed by atoms with Gasteiger partial charge in [-0.15, -0.1) is 0 Å². The van der Waals surface area contributed by atoms with Crippen molar-refractivity contribution in [3.05, 3.63) is 101 Å². The van der Waals surface area contributed by atoms with Crippen molar-refractivity contribution < 1.29 is 14.3 Å². The Balaban J connectivity index is 2.01. The summed E-state index contributed by atoms with van der Waals surface area (Å²) in [6, 6.07) is 27.2. The van der Waals surface area contributed by atoms with Crippen molar-refractivity contribution in [3.8, 4) is 5.75 Å². The van der Waals surface area contributed by atoms with Crippen molar-refractivity contribution in [2.24, 2.45) is 0 Å². The molecule has 3 aromatic carbocycles. The first kappa shape index (κ1) is 25.5. The number of nitrogens with zero attached hydrogens (tertiary/aromatic N) is 1. The van der Waals surface area contributed by atoms with Crippen LogP contribution in [0.1, 0.15) is 67.1 Å². The molecule has 0 aliphatic heterocycles. The lowest BCUT2D eigenvalue weighted by Crippen LogP contribution is -2.38. The highest BCUT2D eigenvalue weighted by atomic mass is 16.5. The van der Waals surface area contributed by atoms with Crippen LogP contribution in [0.3, 0.4) is 0 Å². The van der Waals surface area contributed by atoms with Gasteiger partial charge in [0, 0.05) is 23.6 Å². The molecule has 1 atom stereocenters. The van der Waals surface area contributed by atoms with Gasteiger partial charge in [-0.1, -0.05) is 60.7 Å². The van der Waals surface area contributed by atoms with Crippen LogP contribution in [0.2, 0.25) is 0 Å². The molecule has 0 amide bonds. The summed E-state index contributed by atoms with van der Waals surface area (Å²) in [6.45, 7) is 10.4. The van der Waals surface area contributed by atoms with Crippen LogP contribution in [-0.4, -0.2) is 36.6 Å². The molecule has 0 N–H and O–H groups in total. The van der Waals surface area contributed by atoms with Gasteiger partial charge >= 0.3 is 5.97 Å². The van der Waals surface area contributed by atoms with Crippen molar-refractivity contribution in [1.82, 2.24) is 4.90 Å². The summed E-state index contributed by atoms with van der Waals surface area (Å²) in [6.07, 6.45) is 0.909. The summed E-state index contributed by atoms with van der Waals surface area (Å²) >= 11 is 0. The Morgan fingerprint density at radius 1 is 0.853 bits per heavy atom. The van der Waals surface area contributed by atoms with Crippen LogP contribution in [0, 0.1) is 0 Å². The molecule has 0 spiro atoms. The van der Waals surface area contributed by atoms with Gasteiger partial charge in [-0.05, 0) is 70.0 Å². The number of carbonyl (C=O) groups is 1. The minimum Gasteiger partial charge on any atom is -0.489 e. The molecule has 3 rings (SSSR count). The van der Waals surface area contributed by atoms with Gasteiger partial charge in [0.15, 0.2) is 0 Å². The molecule has 3 aromatic rings. The summed E-state index contributed by atoms with van der Waals surface area (Å²) in [5, 5.41) is 0. The monoisotopic (exact) mass is 459 g/mol. The van der Waals surface area contributed by atoms with E-state index in [0.717, 1.165) is 29.8 Å². The molecular formula is C30H37NO3. The van der Waals surface area contributed by atoms with Crippen molar-refractivity contribution in [2.45, 2.75) is 58.7 Å². The molecule has 0 heterocycles. The molecule has 0 aliphatic carbocycles. The Hall–Kier alpha value is -3.11. The highest BCUT2D eigenvalue weighted by Gasteiger charge is 2.23. The first-order chi connectivity index (χ1) is 16.4. The van der Waals surface area contributed by atoms with Gasteiger partial charge in [0.05, 0.1) is 12.7 Å². The zero-order chi connectivity index (χ0) is 24.5. The van der Waals surface area contributed by atoms with Crippen LogP contribution in [-0.2, 0) is 11.3 Å². The largest absolute Gasteiger partial charge is 0.489 e. The lowest BCUT2D eigenvalue weighted by Gasteiger charge is -2.32. The molecule has 0 aliphatic rings. The van der Waals surface area contributed by atoms with E-state index in [4.69, 9.17) is 9.47 Å². The molecule has 180 valence electrons. The molecule has 1 unspecified atom stereocenters. The van der Waals surface area contributed by atoms with Crippen LogP contribution < -0.4 is 4.74 Å². The zero-order valence-corrected chi connectivity index (χ0v) is 21.0. The number of ether oxygens (including phenoxy) is 2. The van der Waals surface area contributed by atoms with Gasteiger partial charge in [-0.3, -0.25) is 4.90 Å². The molecule has 0 aromatic heterocycles. The van der Waals surface area contributed by atoms with E-state index in [-0.39, 0.29) is 11.9 Å². The van der Waals surface area contributed by atoms with Gasteiger partial charge in [-0.2, -0.15) is 0 Å². The van der Waals surface area contributed by atoms with Crippen LogP contribution in [0.4, 0.5) is 0 Å². The Morgan fingerprint density at radius 2 is 1.47 bits per heavy atom. The lowest BCUT2D eigenvalue weighted by atomic mass is 9.86. The fourth-order valence-corrected chi connectivity index (χ4v) is 4.51. The van der Waals surface area contributed by atoms with E-state index >= 15 is 0 Å². The molecule has 0 saturated carbocycles. The SMILES string of the molecule is COC(=O)c1ccc(OCc2ccccc2)c(C(CCN(C(C)C)C(C)C)c2ccccc2)c1. The second-order valence-electron chi connectivity index (χ2n) is 9.20. The first-order valence-corrected chi connectivity index (χ1v) is 12.1. The summed E-state index contributed by atoms with van der Waals surface area (Å²) in [5.74, 6) is 0.538. The highest BCUT2D eigenvalue weighted by Crippen LogP contribution is 2.36. The Morgan fingerprint density at radius 3 is 2.06 bits per heavy atom. The van der Waals surface area contributed by atoms with Crippen LogP contribution in [0.15, 0.2) is 78.9 Å². The van der Waals surface area contributed by atoms with Gasteiger partial charge in [0.25, 0.3) is 0 Å². The van der Waals surface area contributed by atoms with Crippen LogP contribution >= 0.6 is 0 Å².